The summed E-state index contributed by atoms with van der Waals surface area (Å²) >= 11 is 5.76. The third-order valence-corrected chi connectivity index (χ3v) is 3.89. The first-order valence-corrected chi connectivity index (χ1v) is 7.49. The van der Waals surface area contributed by atoms with Crippen molar-refractivity contribution in [3.8, 4) is 0 Å². The van der Waals surface area contributed by atoms with Crippen LogP contribution in [0.2, 0.25) is 5.02 Å². The molecule has 0 aliphatic carbocycles. The van der Waals surface area contributed by atoms with E-state index >= 15 is 0 Å². The van der Waals surface area contributed by atoms with Crippen LogP contribution in [0.1, 0.15) is 12.5 Å². The predicted octanol–water partition coefficient (Wildman–Crippen LogP) is 4.84. The molecule has 0 unspecified atom stereocenters. The van der Waals surface area contributed by atoms with E-state index < -0.39 is 40.7 Å². The summed E-state index contributed by atoms with van der Waals surface area (Å²) in [7, 11) is 0. The Kier molecular flexibility index (Phi) is 4.53. The Morgan fingerprint density at radius 2 is 1.42 bits per heavy atom. The molecule has 26 heavy (non-hydrogen) atoms. The molecule has 0 atom stereocenters. The molecule has 0 fully saturated rings. The van der Waals surface area contributed by atoms with Crippen molar-refractivity contribution in [3.63, 3.8) is 0 Å². The maximum absolute atomic E-state index is 13.9. The van der Waals surface area contributed by atoms with Gasteiger partial charge in [-0.2, -0.15) is 10.1 Å². The van der Waals surface area contributed by atoms with Crippen LogP contribution in [0.25, 0.3) is 6.08 Å². The molecule has 3 nitrogen and oxygen atoms in total. The van der Waals surface area contributed by atoms with Crippen LogP contribution in [-0.2, 0) is 4.79 Å². The second-order valence-corrected chi connectivity index (χ2v) is 5.77. The Morgan fingerprint density at radius 1 is 0.923 bits per heavy atom. The highest BCUT2D eigenvalue weighted by Crippen LogP contribution is 2.34. The quantitative estimate of drug-likeness (QED) is 0.314. The SMILES string of the molecule is CC1=NN(c2c(F)c(F)c(F)c(F)c2F)C(=O)/C1=C\c1ccc(Cl)cc1. The summed E-state index contributed by atoms with van der Waals surface area (Å²) < 4.78 is 67.8. The van der Waals surface area contributed by atoms with Gasteiger partial charge in [0.05, 0.1) is 11.3 Å². The number of hydrogen-bond acceptors (Lipinski definition) is 2. The minimum Gasteiger partial charge on any atom is -0.267 e. The minimum absolute atomic E-state index is 0.0499. The normalized spacial score (nSPS) is 15.8. The average molecular weight is 387 g/mol. The topological polar surface area (TPSA) is 32.7 Å². The summed E-state index contributed by atoms with van der Waals surface area (Å²) in [6, 6.07) is 6.28. The van der Waals surface area contributed by atoms with Crippen LogP contribution in [0.4, 0.5) is 27.6 Å². The molecule has 0 N–H and O–H groups in total. The Balaban J connectivity index is 2.08. The second kappa shape index (κ2) is 6.53. The molecule has 0 radical (unpaired) electrons. The molecule has 1 heterocycles. The van der Waals surface area contributed by atoms with E-state index in [2.05, 4.69) is 5.10 Å². The van der Waals surface area contributed by atoms with Gasteiger partial charge in [-0.25, -0.2) is 22.0 Å². The third kappa shape index (κ3) is 2.86. The van der Waals surface area contributed by atoms with Gasteiger partial charge in [-0.15, -0.1) is 0 Å². The lowest BCUT2D eigenvalue weighted by molar-refractivity contribution is -0.114. The van der Waals surface area contributed by atoms with Gasteiger partial charge in [0.15, 0.2) is 23.3 Å². The van der Waals surface area contributed by atoms with Crippen LogP contribution in [-0.4, -0.2) is 11.6 Å². The van der Waals surface area contributed by atoms with Gasteiger partial charge in [-0.3, -0.25) is 4.79 Å². The highest BCUT2D eigenvalue weighted by atomic mass is 35.5. The van der Waals surface area contributed by atoms with Crippen molar-refractivity contribution in [1.82, 2.24) is 0 Å². The summed E-state index contributed by atoms with van der Waals surface area (Å²) in [5.41, 5.74) is -0.901. The molecule has 1 aliphatic heterocycles. The van der Waals surface area contributed by atoms with Crippen molar-refractivity contribution in [1.29, 1.82) is 0 Å². The molecule has 0 spiro atoms. The van der Waals surface area contributed by atoms with Gasteiger partial charge in [0.2, 0.25) is 5.82 Å². The predicted molar refractivity (Wildman–Crippen MR) is 86.3 cm³/mol. The molecule has 0 aromatic heterocycles. The van der Waals surface area contributed by atoms with Crippen molar-refractivity contribution in [2.75, 3.05) is 5.01 Å². The van der Waals surface area contributed by atoms with Gasteiger partial charge in [0, 0.05) is 5.02 Å². The van der Waals surface area contributed by atoms with Crippen LogP contribution in [0.15, 0.2) is 34.9 Å². The largest absolute Gasteiger partial charge is 0.280 e. The zero-order chi connectivity index (χ0) is 19.2. The molecular formula is C17H8ClF5N2O. The van der Waals surface area contributed by atoms with Crippen molar-refractivity contribution in [3.05, 3.63) is 69.5 Å². The first-order chi connectivity index (χ1) is 12.2. The van der Waals surface area contributed by atoms with Gasteiger partial charge in [-0.1, -0.05) is 23.7 Å². The van der Waals surface area contributed by atoms with Gasteiger partial charge >= 0.3 is 0 Å². The first kappa shape index (κ1) is 18.1. The van der Waals surface area contributed by atoms with Crippen LogP contribution in [0, 0.1) is 29.1 Å². The molecule has 1 aliphatic rings. The summed E-state index contributed by atoms with van der Waals surface area (Å²) in [6.07, 6.45) is 1.36. The van der Waals surface area contributed by atoms with Gasteiger partial charge in [0.1, 0.15) is 5.69 Å². The van der Waals surface area contributed by atoms with Gasteiger partial charge < -0.3 is 0 Å². The summed E-state index contributed by atoms with van der Waals surface area (Å²) in [5.74, 6) is -11.9. The van der Waals surface area contributed by atoms with Crippen molar-refractivity contribution in [2.24, 2.45) is 5.10 Å². The van der Waals surface area contributed by atoms with Crippen molar-refractivity contribution >= 4 is 35.0 Å². The lowest BCUT2D eigenvalue weighted by Crippen LogP contribution is -2.25. The molecule has 1 amide bonds. The number of amides is 1. The molecule has 0 bridgehead atoms. The number of rotatable bonds is 2. The van der Waals surface area contributed by atoms with E-state index in [1.807, 2.05) is 0 Å². The number of benzene rings is 2. The average Bonchev–Trinajstić information content (AvgIpc) is 2.88. The maximum Gasteiger partial charge on any atom is 0.280 e. The minimum atomic E-state index is -2.31. The summed E-state index contributed by atoms with van der Waals surface area (Å²) in [6.45, 7) is 1.37. The number of carbonyl (C=O) groups is 1. The van der Waals surface area contributed by atoms with E-state index in [-0.39, 0.29) is 16.3 Å². The zero-order valence-corrected chi connectivity index (χ0v) is 13.7. The Morgan fingerprint density at radius 3 is 1.96 bits per heavy atom. The number of anilines is 1. The molecular weight excluding hydrogens is 379 g/mol. The Bertz CT molecular complexity index is 957. The zero-order valence-electron chi connectivity index (χ0n) is 13.0. The number of hydrogen-bond donors (Lipinski definition) is 0. The van der Waals surface area contributed by atoms with Crippen LogP contribution >= 0.6 is 11.6 Å². The fraction of sp³-hybridized carbons (Fsp3) is 0.0588. The highest BCUT2D eigenvalue weighted by molar-refractivity contribution is 6.32. The standard InChI is InChI=1S/C17H8ClF5N2O/c1-7-10(6-8-2-4-9(18)5-3-8)17(26)25(24-7)16-14(22)12(20)11(19)13(21)15(16)23/h2-6H,1H3/b10-6-. The van der Waals surface area contributed by atoms with Gasteiger partial charge in [0.25, 0.3) is 5.91 Å². The molecule has 9 heteroatoms. The molecule has 2 aromatic carbocycles. The van der Waals surface area contributed by atoms with Crippen LogP contribution in [0.3, 0.4) is 0 Å². The van der Waals surface area contributed by atoms with E-state index in [1.54, 1.807) is 24.3 Å². The van der Waals surface area contributed by atoms with E-state index in [0.29, 0.717) is 10.6 Å². The fourth-order valence-electron chi connectivity index (χ4n) is 2.34. The van der Waals surface area contributed by atoms with Crippen molar-refractivity contribution in [2.45, 2.75) is 6.92 Å². The molecule has 3 rings (SSSR count). The number of hydrazone groups is 1. The van der Waals surface area contributed by atoms with Crippen molar-refractivity contribution < 1.29 is 26.7 Å². The second-order valence-electron chi connectivity index (χ2n) is 5.33. The van der Waals surface area contributed by atoms with Crippen LogP contribution in [0.5, 0.6) is 0 Å². The monoisotopic (exact) mass is 386 g/mol. The molecule has 0 saturated heterocycles. The molecule has 2 aromatic rings. The maximum atomic E-state index is 13.9. The fourth-order valence-corrected chi connectivity index (χ4v) is 2.47. The number of carbonyl (C=O) groups excluding carboxylic acids is 1. The van der Waals surface area contributed by atoms with E-state index in [9.17, 15) is 26.7 Å². The Hall–Kier alpha value is -2.74. The number of halogens is 6. The smallest absolute Gasteiger partial charge is 0.267 e. The van der Waals surface area contributed by atoms with Crippen LogP contribution < -0.4 is 5.01 Å². The van der Waals surface area contributed by atoms with E-state index in [1.165, 1.54) is 13.0 Å². The lowest BCUT2D eigenvalue weighted by atomic mass is 10.1. The lowest BCUT2D eigenvalue weighted by Gasteiger charge is -2.15. The Labute approximate surface area is 149 Å². The summed E-state index contributed by atoms with van der Waals surface area (Å²) in [5, 5.41) is 4.26. The van der Waals surface area contributed by atoms with E-state index in [4.69, 9.17) is 11.6 Å². The third-order valence-electron chi connectivity index (χ3n) is 3.64. The number of nitrogens with zero attached hydrogens (tertiary/aromatic N) is 2. The molecule has 134 valence electrons. The molecule has 0 saturated carbocycles. The van der Waals surface area contributed by atoms with E-state index in [0.717, 1.165) is 0 Å². The highest BCUT2D eigenvalue weighted by Gasteiger charge is 2.36. The first-order valence-electron chi connectivity index (χ1n) is 7.11. The summed E-state index contributed by atoms with van der Waals surface area (Å²) in [4.78, 5) is 12.4. The van der Waals surface area contributed by atoms with Gasteiger partial charge in [-0.05, 0) is 30.7 Å².